The molecule has 0 aliphatic carbocycles. The summed E-state index contributed by atoms with van der Waals surface area (Å²) in [5, 5.41) is 0. The quantitative estimate of drug-likeness (QED) is 0.769. The van der Waals surface area contributed by atoms with Crippen molar-refractivity contribution >= 4 is 23.9 Å². The van der Waals surface area contributed by atoms with Crippen LogP contribution in [-0.2, 0) is 17.9 Å². The second-order valence-electron chi connectivity index (χ2n) is 6.85. The number of urea groups is 1. The van der Waals surface area contributed by atoms with E-state index < -0.39 is 17.9 Å². The first-order valence-corrected chi connectivity index (χ1v) is 9.03. The van der Waals surface area contributed by atoms with E-state index in [0.717, 1.165) is 11.1 Å². The van der Waals surface area contributed by atoms with Crippen LogP contribution in [0.5, 0.6) is 0 Å². The number of carbonyl (C=O) groups is 2. The molecule has 2 aromatic rings. The van der Waals surface area contributed by atoms with E-state index in [4.69, 9.17) is 0 Å². The highest BCUT2D eigenvalue weighted by atomic mass is 19.1. The summed E-state index contributed by atoms with van der Waals surface area (Å²) in [5.74, 6) is -0.760. The van der Waals surface area contributed by atoms with Crippen LogP contribution in [0.25, 0.3) is 0 Å². The van der Waals surface area contributed by atoms with E-state index >= 15 is 0 Å². The van der Waals surface area contributed by atoms with Gasteiger partial charge in [-0.15, -0.1) is 0 Å². The Morgan fingerprint density at radius 1 is 1.11 bits per heavy atom. The van der Waals surface area contributed by atoms with Gasteiger partial charge in [0.2, 0.25) is 6.04 Å². The zero-order chi connectivity index (χ0) is 19.7. The van der Waals surface area contributed by atoms with Crippen molar-refractivity contribution in [3.8, 4) is 0 Å². The van der Waals surface area contributed by atoms with Crippen molar-refractivity contribution in [1.82, 2.24) is 4.90 Å². The third kappa shape index (κ3) is 3.29. The largest absolute Gasteiger partial charge is 0.501 e. The van der Waals surface area contributed by atoms with E-state index in [9.17, 15) is 14.0 Å². The van der Waals surface area contributed by atoms with Gasteiger partial charge in [-0.3, -0.25) is 4.99 Å². The Labute approximate surface area is 162 Å². The molecule has 6 heteroatoms. The van der Waals surface area contributed by atoms with Crippen molar-refractivity contribution in [3.63, 3.8) is 0 Å². The standard InChI is InChI=1S/C22H19FN3O2/c1-15-8-10-16(11-9-15)13-26-21(27)20-19(7-4-12-24-20)25(22(26)28)14-17-5-2-3-6-18(17)23/h2-12,20H,13-14H2,1H3/q+1. The van der Waals surface area contributed by atoms with Gasteiger partial charge in [0.25, 0.3) is 0 Å². The van der Waals surface area contributed by atoms with Gasteiger partial charge in [0, 0.05) is 11.8 Å². The lowest BCUT2D eigenvalue weighted by Crippen LogP contribution is -2.56. The summed E-state index contributed by atoms with van der Waals surface area (Å²) >= 11 is 0. The number of aliphatic imine (C=N–C) groups is 1. The van der Waals surface area contributed by atoms with Gasteiger partial charge in [-0.25, -0.2) is 9.18 Å². The number of hydrogen-bond donors (Lipinski definition) is 0. The van der Waals surface area contributed by atoms with Crippen molar-refractivity contribution in [2.24, 2.45) is 4.99 Å². The summed E-state index contributed by atoms with van der Waals surface area (Å²) in [7, 11) is 0. The number of dihydropyridines is 1. The number of allylic oxidation sites excluding steroid dienone is 1. The number of nitrogens with zero attached hydrogens (tertiary/aromatic N) is 3. The average molecular weight is 376 g/mol. The van der Waals surface area contributed by atoms with Crippen LogP contribution in [0, 0.1) is 12.7 Å². The summed E-state index contributed by atoms with van der Waals surface area (Å²) in [6.45, 7) is 2.16. The minimum Gasteiger partial charge on any atom is -0.269 e. The lowest BCUT2D eigenvalue weighted by atomic mass is 10.0. The van der Waals surface area contributed by atoms with Crippen molar-refractivity contribution in [3.05, 3.63) is 83.2 Å². The monoisotopic (exact) mass is 376 g/mol. The smallest absolute Gasteiger partial charge is 0.269 e. The van der Waals surface area contributed by atoms with Gasteiger partial charge < -0.3 is 0 Å². The highest BCUT2D eigenvalue weighted by Crippen LogP contribution is 2.20. The first-order valence-electron chi connectivity index (χ1n) is 9.03. The number of fused-ring (bicyclic) bond motifs is 1. The van der Waals surface area contributed by atoms with Gasteiger partial charge in [-0.05, 0) is 30.7 Å². The Balaban J connectivity index is 1.72. The van der Waals surface area contributed by atoms with E-state index in [1.54, 1.807) is 36.6 Å². The first kappa shape index (κ1) is 18.0. The SMILES string of the molecule is Cc1ccc(CN2C(=O)C3N=CC=CC3=[N+](Cc3ccccc3F)C2=O)cc1. The van der Waals surface area contributed by atoms with Crippen LogP contribution in [0.15, 0.2) is 65.7 Å². The molecule has 1 unspecified atom stereocenters. The minimum absolute atomic E-state index is 0.0366. The van der Waals surface area contributed by atoms with Gasteiger partial charge in [-0.2, -0.15) is 14.3 Å². The molecule has 2 heterocycles. The molecule has 0 radical (unpaired) electrons. The molecule has 0 saturated heterocycles. The second kappa shape index (κ2) is 7.31. The molecule has 28 heavy (non-hydrogen) atoms. The molecule has 140 valence electrons. The number of halogens is 1. The molecule has 2 aliphatic heterocycles. The molecule has 2 aliphatic rings. The second-order valence-corrected chi connectivity index (χ2v) is 6.85. The topological polar surface area (TPSA) is 52.8 Å². The fourth-order valence-corrected chi connectivity index (χ4v) is 3.35. The summed E-state index contributed by atoms with van der Waals surface area (Å²) in [5.41, 5.74) is 2.80. The molecule has 0 N–H and O–H groups in total. The molecule has 0 fully saturated rings. The van der Waals surface area contributed by atoms with E-state index in [1.165, 1.54) is 15.5 Å². The van der Waals surface area contributed by atoms with Crippen molar-refractivity contribution in [2.45, 2.75) is 26.1 Å². The van der Waals surface area contributed by atoms with Crippen LogP contribution < -0.4 is 0 Å². The molecular weight excluding hydrogens is 357 g/mol. The minimum atomic E-state index is -0.792. The molecule has 4 rings (SSSR count). The predicted octanol–water partition coefficient (Wildman–Crippen LogP) is 3.26. The molecule has 0 spiro atoms. The Morgan fingerprint density at radius 3 is 2.61 bits per heavy atom. The Morgan fingerprint density at radius 2 is 1.86 bits per heavy atom. The molecule has 2 aromatic carbocycles. The zero-order valence-electron chi connectivity index (χ0n) is 15.4. The average Bonchev–Trinajstić information content (AvgIpc) is 2.71. The molecular formula is C22H19FN3O2+. The van der Waals surface area contributed by atoms with E-state index in [2.05, 4.69) is 4.99 Å². The van der Waals surface area contributed by atoms with E-state index in [0.29, 0.717) is 11.3 Å². The van der Waals surface area contributed by atoms with Gasteiger partial charge in [-0.1, -0.05) is 48.0 Å². The normalized spacial score (nSPS) is 18.6. The molecule has 5 nitrogen and oxygen atoms in total. The maximum atomic E-state index is 14.2. The number of amides is 3. The van der Waals surface area contributed by atoms with Crippen LogP contribution in [0.3, 0.4) is 0 Å². The number of rotatable bonds is 4. The Kier molecular flexibility index (Phi) is 4.69. The highest BCUT2D eigenvalue weighted by molar-refractivity contribution is 6.20. The van der Waals surface area contributed by atoms with Crippen LogP contribution in [0.4, 0.5) is 9.18 Å². The van der Waals surface area contributed by atoms with Crippen LogP contribution in [0.1, 0.15) is 16.7 Å². The zero-order valence-corrected chi connectivity index (χ0v) is 15.4. The van der Waals surface area contributed by atoms with Gasteiger partial charge >= 0.3 is 11.9 Å². The van der Waals surface area contributed by atoms with Gasteiger partial charge in [0.1, 0.15) is 24.6 Å². The lowest BCUT2D eigenvalue weighted by Gasteiger charge is -2.26. The Hall–Kier alpha value is -3.41. The molecule has 3 amide bonds. The van der Waals surface area contributed by atoms with E-state index in [-0.39, 0.29) is 19.0 Å². The lowest BCUT2D eigenvalue weighted by molar-refractivity contribution is -0.456. The number of carbonyl (C=O) groups excluding carboxylic acids is 2. The van der Waals surface area contributed by atoms with E-state index in [1.807, 2.05) is 31.2 Å². The fourth-order valence-electron chi connectivity index (χ4n) is 3.35. The Bertz CT molecular complexity index is 1040. The molecule has 0 bridgehead atoms. The fraction of sp³-hybridized carbons (Fsp3) is 0.182. The highest BCUT2D eigenvalue weighted by Gasteiger charge is 2.47. The third-order valence-electron chi connectivity index (χ3n) is 4.89. The predicted molar refractivity (Wildman–Crippen MR) is 104 cm³/mol. The van der Waals surface area contributed by atoms with Crippen LogP contribution in [-0.4, -0.2) is 39.4 Å². The first-order chi connectivity index (χ1) is 13.5. The maximum Gasteiger partial charge on any atom is 0.501 e. The third-order valence-corrected chi connectivity index (χ3v) is 4.89. The summed E-state index contributed by atoms with van der Waals surface area (Å²) in [6, 6.07) is 12.7. The van der Waals surface area contributed by atoms with Crippen LogP contribution >= 0.6 is 0 Å². The summed E-state index contributed by atoms with van der Waals surface area (Å²) < 4.78 is 15.6. The summed E-state index contributed by atoms with van der Waals surface area (Å²) in [4.78, 5) is 31.6. The number of imide groups is 1. The van der Waals surface area contributed by atoms with Crippen molar-refractivity contribution in [1.29, 1.82) is 0 Å². The maximum absolute atomic E-state index is 14.2. The van der Waals surface area contributed by atoms with Crippen molar-refractivity contribution < 1.29 is 18.6 Å². The van der Waals surface area contributed by atoms with Gasteiger partial charge in [0.15, 0.2) is 0 Å². The van der Waals surface area contributed by atoms with Crippen LogP contribution in [0.2, 0.25) is 0 Å². The molecule has 1 atom stereocenters. The van der Waals surface area contributed by atoms with Crippen molar-refractivity contribution in [2.75, 3.05) is 0 Å². The number of benzene rings is 2. The number of hydrogen-bond acceptors (Lipinski definition) is 3. The molecule has 0 saturated carbocycles. The molecule has 0 aromatic heterocycles. The number of aryl methyl sites for hydroxylation is 1. The van der Waals surface area contributed by atoms with Gasteiger partial charge in [0.05, 0.1) is 0 Å². The summed E-state index contributed by atoms with van der Waals surface area (Å²) in [6.07, 6.45) is 4.92.